The lowest BCUT2D eigenvalue weighted by Gasteiger charge is -2.36. The summed E-state index contributed by atoms with van der Waals surface area (Å²) in [6.45, 7) is 5.70. The second-order valence-electron chi connectivity index (χ2n) is 6.53. The molecule has 0 N–H and O–H groups in total. The highest BCUT2D eigenvalue weighted by Gasteiger charge is 2.30. The summed E-state index contributed by atoms with van der Waals surface area (Å²) in [5.41, 5.74) is 1.65. The van der Waals surface area contributed by atoms with Gasteiger partial charge in [-0.1, -0.05) is 11.6 Å². The second kappa shape index (κ2) is 7.41. The van der Waals surface area contributed by atoms with E-state index >= 15 is 0 Å². The van der Waals surface area contributed by atoms with Crippen molar-refractivity contribution in [1.82, 2.24) is 9.80 Å². The molecule has 0 spiro atoms. The number of hydrogen-bond acceptors (Lipinski definition) is 3. The molecule has 0 aromatic carbocycles. The van der Waals surface area contributed by atoms with Crippen LogP contribution in [-0.2, 0) is 9.53 Å². The molecule has 0 aromatic heterocycles. The Morgan fingerprint density at radius 3 is 2.71 bits per heavy atom. The van der Waals surface area contributed by atoms with Gasteiger partial charge < -0.3 is 9.64 Å². The first-order valence-corrected chi connectivity index (χ1v) is 8.63. The lowest BCUT2D eigenvalue weighted by atomic mass is 9.97. The van der Waals surface area contributed by atoms with Gasteiger partial charge in [-0.2, -0.15) is 0 Å². The van der Waals surface area contributed by atoms with Crippen LogP contribution in [0.5, 0.6) is 0 Å². The van der Waals surface area contributed by atoms with Gasteiger partial charge in [-0.25, -0.2) is 0 Å². The molecule has 1 aliphatic carbocycles. The van der Waals surface area contributed by atoms with Crippen LogP contribution in [0.3, 0.4) is 0 Å². The molecule has 1 atom stereocenters. The Hall–Kier alpha value is -0.870. The van der Waals surface area contributed by atoms with Crippen molar-refractivity contribution in [3.05, 3.63) is 11.6 Å². The number of hydrogen-bond donors (Lipinski definition) is 0. The third-order valence-corrected chi connectivity index (χ3v) is 5.02. The number of carbonyl (C=O) groups excluding carboxylic acids is 1. The van der Waals surface area contributed by atoms with E-state index in [0.717, 1.165) is 52.2 Å². The van der Waals surface area contributed by atoms with E-state index in [1.54, 1.807) is 5.57 Å². The third-order valence-electron chi connectivity index (χ3n) is 5.02. The predicted molar refractivity (Wildman–Crippen MR) is 83.2 cm³/mol. The summed E-state index contributed by atoms with van der Waals surface area (Å²) in [7, 11) is 0. The fraction of sp³-hybridized carbons (Fsp3) is 0.824. The Balaban J connectivity index is 1.38. The van der Waals surface area contributed by atoms with Gasteiger partial charge in [0.15, 0.2) is 0 Å². The van der Waals surface area contributed by atoms with Crippen LogP contribution in [0.25, 0.3) is 0 Å². The molecule has 0 saturated carbocycles. The molecule has 2 aliphatic heterocycles. The van der Waals surface area contributed by atoms with Crippen molar-refractivity contribution in [2.75, 3.05) is 39.3 Å². The first-order valence-electron chi connectivity index (χ1n) is 8.63. The summed E-state index contributed by atoms with van der Waals surface area (Å²) < 4.78 is 5.51. The molecule has 0 bridgehead atoms. The van der Waals surface area contributed by atoms with Crippen LogP contribution in [0.15, 0.2) is 11.6 Å². The Kier molecular flexibility index (Phi) is 5.31. The maximum absolute atomic E-state index is 12.3. The monoisotopic (exact) mass is 292 g/mol. The molecule has 1 amide bonds. The summed E-state index contributed by atoms with van der Waals surface area (Å²) in [5, 5.41) is 0. The Labute approximate surface area is 128 Å². The lowest BCUT2D eigenvalue weighted by Crippen LogP contribution is -2.51. The van der Waals surface area contributed by atoms with Crippen molar-refractivity contribution in [1.29, 1.82) is 0 Å². The first-order chi connectivity index (χ1) is 10.3. The van der Waals surface area contributed by atoms with E-state index in [0.29, 0.717) is 0 Å². The second-order valence-corrected chi connectivity index (χ2v) is 6.53. The maximum Gasteiger partial charge on any atom is 0.251 e. The van der Waals surface area contributed by atoms with E-state index in [2.05, 4.69) is 11.0 Å². The number of amides is 1. The van der Waals surface area contributed by atoms with Crippen molar-refractivity contribution < 1.29 is 9.53 Å². The van der Waals surface area contributed by atoms with Gasteiger partial charge >= 0.3 is 0 Å². The zero-order chi connectivity index (χ0) is 14.5. The van der Waals surface area contributed by atoms with Gasteiger partial charge in [0.05, 0.1) is 0 Å². The quantitative estimate of drug-likeness (QED) is 0.745. The standard InChI is InChI=1S/C17H28N2O2/c20-17(16-7-4-14-21-16)19-12-10-18(11-13-19)9-8-15-5-2-1-3-6-15/h5,16H,1-4,6-14H2. The van der Waals surface area contributed by atoms with Gasteiger partial charge in [0, 0.05) is 39.3 Å². The molecule has 0 aromatic rings. The van der Waals surface area contributed by atoms with E-state index in [1.807, 2.05) is 4.90 Å². The van der Waals surface area contributed by atoms with Crippen LogP contribution in [0.4, 0.5) is 0 Å². The predicted octanol–water partition coefficient (Wildman–Crippen LogP) is 2.20. The van der Waals surface area contributed by atoms with Crippen molar-refractivity contribution in [3.8, 4) is 0 Å². The smallest absolute Gasteiger partial charge is 0.251 e. The van der Waals surface area contributed by atoms with Gasteiger partial charge in [0.1, 0.15) is 6.10 Å². The lowest BCUT2D eigenvalue weighted by molar-refractivity contribution is -0.142. The van der Waals surface area contributed by atoms with E-state index < -0.39 is 0 Å². The van der Waals surface area contributed by atoms with Crippen LogP contribution in [0, 0.1) is 0 Å². The number of nitrogens with zero attached hydrogens (tertiary/aromatic N) is 2. The topological polar surface area (TPSA) is 32.8 Å². The Bertz CT molecular complexity index is 380. The van der Waals surface area contributed by atoms with E-state index in [9.17, 15) is 4.79 Å². The van der Waals surface area contributed by atoms with Crippen LogP contribution < -0.4 is 0 Å². The highest BCUT2D eigenvalue weighted by molar-refractivity contribution is 5.81. The van der Waals surface area contributed by atoms with Crippen LogP contribution >= 0.6 is 0 Å². The normalized spacial score (nSPS) is 27.7. The first kappa shape index (κ1) is 15.0. The molecule has 1 unspecified atom stereocenters. The van der Waals surface area contributed by atoms with Gasteiger partial charge in [0.2, 0.25) is 0 Å². The average molecular weight is 292 g/mol. The Morgan fingerprint density at radius 2 is 2.05 bits per heavy atom. The number of allylic oxidation sites excluding steroid dienone is 1. The largest absolute Gasteiger partial charge is 0.368 e. The number of piperazine rings is 1. The number of ether oxygens (including phenoxy) is 1. The summed E-state index contributed by atoms with van der Waals surface area (Å²) >= 11 is 0. The van der Waals surface area contributed by atoms with Crippen LogP contribution in [0.1, 0.15) is 44.9 Å². The van der Waals surface area contributed by atoms with E-state index in [4.69, 9.17) is 4.74 Å². The number of carbonyl (C=O) groups is 1. The van der Waals surface area contributed by atoms with E-state index in [-0.39, 0.29) is 12.0 Å². The SMILES string of the molecule is O=C(C1CCCO1)N1CCN(CCC2=CCCCC2)CC1. The van der Waals surface area contributed by atoms with Gasteiger partial charge in [0.25, 0.3) is 5.91 Å². The minimum atomic E-state index is -0.149. The molecule has 4 nitrogen and oxygen atoms in total. The molecule has 2 saturated heterocycles. The minimum absolute atomic E-state index is 0.149. The molecule has 4 heteroatoms. The summed E-state index contributed by atoms with van der Waals surface area (Å²) in [5.74, 6) is 0.224. The molecule has 2 heterocycles. The molecular formula is C17H28N2O2. The van der Waals surface area contributed by atoms with Crippen LogP contribution in [0.2, 0.25) is 0 Å². The zero-order valence-electron chi connectivity index (χ0n) is 13.1. The van der Waals surface area contributed by atoms with Crippen molar-refractivity contribution in [2.24, 2.45) is 0 Å². The molecule has 21 heavy (non-hydrogen) atoms. The number of rotatable bonds is 4. The molecule has 3 rings (SSSR count). The van der Waals surface area contributed by atoms with E-state index in [1.165, 1.54) is 32.1 Å². The summed E-state index contributed by atoms with van der Waals surface area (Å²) in [4.78, 5) is 16.8. The van der Waals surface area contributed by atoms with Crippen molar-refractivity contribution in [3.63, 3.8) is 0 Å². The maximum atomic E-state index is 12.3. The summed E-state index contributed by atoms with van der Waals surface area (Å²) in [6.07, 6.45) is 10.8. The van der Waals surface area contributed by atoms with Crippen LogP contribution in [-0.4, -0.2) is 61.1 Å². The highest BCUT2D eigenvalue weighted by Crippen LogP contribution is 2.21. The molecular weight excluding hydrogens is 264 g/mol. The average Bonchev–Trinajstić information content (AvgIpc) is 3.08. The Morgan fingerprint density at radius 1 is 1.19 bits per heavy atom. The molecule has 0 radical (unpaired) electrons. The zero-order valence-corrected chi connectivity index (χ0v) is 13.1. The van der Waals surface area contributed by atoms with Gasteiger partial charge in [-0.05, 0) is 44.9 Å². The van der Waals surface area contributed by atoms with Crippen molar-refractivity contribution >= 4 is 5.91 Å². The molecule has 2 fully saturated rings. The van der Waals surface area contributed by atoms with Crippen molar-refractivity contribution in [2.45, 2.75) is 51.0 Å². The summed E-state index contributed by atoms with van der Waals surface area (Å²) in [6, 6.07) is 0. The third kappa shape index (κ3) is 4.07. The minimum Gasteiger partial charge on any atom is -0.368 e. The highest BCUT2D eigenvalue weighted by atomic mass is 16.5. The van der Waals surface area contributed by atoms with Gasteiger partial charge in [-0.15, -0.1) is 0 Å². The fourth-order valence-electron chi connectivity index (χ4n) is 3.60. The molecule has 3 aliphatic rings. The fourth-order valence-corrected chi connectivity index (χ4v) is 3.60. The molecule has 118 valence electrons. The van der Waals surface area contributed by atoms with Gasteiger partial charge in [-0.3, -0.25) is 9.69 Å².